The van der Waals surface area contributed by atoms with Gasteiger partial charge in [-0.15, -0.1) is 0 Å². The second kappa shape index (κ2) is 8.22. The lowest BCUT2D eigenvalue weighted by atomic mass is 9.88. The van der Waals surface area contributed by atoms with Crippen molar-refractivity contribution in [2.75, 3.05) is 26.3 Å². The molecule has 9 nitrogen and oxygen atoms in total. The number of ether oxygens (including phenoxy) is 2. The number of rotatable bonds is 4. The minimum atomic E-state index is -0.370. The monoisotopic (exact) mass is 454 g/mol. The molecule has 33 heavy (non-hydrogen) atoms. The van der Waals surface area contributed by atoms with E-state index in [0.29, 0.717) is 56.5 Å². The molecule has 0 aliphatic carbocycles. The molecule has 1 fully saturated rings. The highest BCUT2D eigenvalue weighted by Crippen LogP contribution is 2.38. The van der Waals surface area contributed by atoms with Gasteiger partial charge in [-0.05, 0) is 31.7 Å². The average Bonchev–Trinajstić information content (AvgIpc) is 3.14. The van der Waals surface area contributed by atoms with Crippen LogP contribution in [-0.2, 0) is 40.3 Å². The zero-order valence-corrected chi connectivity index (χ0v) is 19.6. The maximum atomic E-state index is 13.3. The van der Waals surface area contributed by atoms with Crippen molar-refractivity contribution in [1.82, 2.24) is 19.4 Å². The maximum Gasteiger partial charge on any atom is 0.297 e. The molecule has 5 rings (SSSR count). The Morgan fingerprint density at radius 2 is 1.97 bits per heavy atom. The van der Waals surface area contributed by atoms with Gasteiger partial charge in [0.05, 0.1) is 42.8 Å². The summed E-state index contributed by atoms with van der Waals surface area (Å²) in [5.74, 6) is 0.284. The van der Waals surface area contributed by atoms with E-state index in [9.17, 15) is 9.59 Å². The van der Waals surface area contributed by atoms with Crippen LogP contribution in [0.3, 0.4) is 0 Å². The van der Waals surface area contributed by atoms with E-state index >= 15 is 0 Å². The summed E-state index contributed by atoms with van der Waals surface area (Å²) < 4.78 is 18.7. The fourth-order valence-electron chi connectivity index (χ4n) is 4.69. The second-order valence-electron chi connectivity index (χ2n) is 9.97. The highest BCUT2D eigenvalue weighted by Gasteiger charge is 2.32. The van der Waals surface area contributed by atoms with Crippen LogP contribution in [0.4, 0.5) is 0 Å². The van der Waals surface area contributed by atoms with Crippen LogP contribution < -0.4 is 5.56 Å². The smallest absolute Gasteiger partial charge is 0.297 e. The molecule has 3 aromatic rings. The Bertz CT molecular complexity index is 1280. The van der Waals surface area contributed by atoms with Gasteiger partial charge in [-0.1, -0.05) is 13.8 Å². The third-order valence-electron chi connectivity index (χ3n) is 6.38. The van der Waals surface area contributed by atoms with Crippen LogP contribution in [0.5, 0.6) is 0 Å². The van der Waals surface area contributed by atoms with E-state index < -0.39 is 0 Å². The molecular weight excluding hydrogens is 424 g/mol. The predicted molar refractivity (Wildman–Crippen MR) is 122 cm³/mol. The summed E-state index contributed by atoms with van der Waals surface area (Å²) in [5.41, 5.74) is 3.49. The molecule has 0 spiro atoms. The molecule has 1 saturated heterocycles. The van der Waals surface area contributed by atoms with Gasteiger partial charge in [0.25, 0.3) is 5.56 Å². The Morgan fingerprint density at radius 3 is 2.70 bits per heavy atom. The number of amides is 1. The number of fused-ring (bicyclic) bond motifs is 5. The summed E-state index contributed by atoms with van der Waals surface area (Å²) in [6.45, 7) is 10.9. The van der Waals surface area contributed by atoms with Gasteiger partial charge in [0.1, 0.15) is 12.1 Å². The molecule has 5 heterocycles. The maximum absolute atomic E-state index is 13.3. The average molecular weight is 455 g/mol. The molecule has 2 aliphatic rings. The van der Waals surface area contributed by atoms with E-state index in [2.05, 4.69) is 32.7 Å². The number of pyridine rings is 1. The van der Waals surface area contributed by atoms with Crippen LogP contribution in [0.15, 0.2) is 15.5 Å². The molecule has 0 radical (unpaired) electrons. The lowest BCUT2D eigenvalue weighted by Gasteiger charge is -2.33. The number of aromatic nitrogens is 3. The lowest BCUT2D eigenvalue weighted by Crippen LogP contribution is -2.43. The van der Waals surface area contributed by atoms with Crippen LogP contribution >= 0.6 is 0 Å². The number of carbonyl (C=O) groups excluding carboxylic acids is 1. The molecule has 3 aromatic heterocycles. The van der Waals surface area contributed by atoms with Crippen molar-refractivity contribution in [3.05, 3.63) is 33.5 Å². The van der Waals surface area contributed by atoms with Crippen molar-refractivity contribution in [2.24, 2.45) is 5.92 Å². The van der Waals surface area contributed by atoms with E-state index in [1.54, 1.807) is 4.90 Å². The molecule has 0 unspecified atom stereocenters. The van der Waals surface area contributed by atoms with Gasteiger partial charge >= 0.3 is 0 Å². The Labute approximate surface area is 191 Å². The number of morpholine rings is 1. The number of hydrogen-bond donors (Lipinski definition) is 0. The molecule has 0 aromatic carbocycles. The standard InChI is InChI=1S/C24H30N4O5/c1-14(2)9-17-16-12-32-24(3,4)10-15(16)19-20-21(33-22(19)26-17)23(30)28(13-25-20)11-18(29)27-5-7-31-8-6-27/h13-14H,5-12H2,1-4H3. The van der Waals surface area contributed by atoms with Crippen LogP contribution in [-0.4, -0.2) is 57.2 Å². The van der Waals surface area contributed by atoms with E-state index in [-0.39, 0.29) is 29.2 Å². The second-order valence-corrected chi connectivity index (χ2v) is 9.97. The quantitative estimate of drug-likeness (QED) is 0.597. The highest BCUT2D eigenvalue weighted by atomic mass is 16.5. The summed E-state index contributed by atoms with van der Waals surface area (Å²) in [6, 6.07) is 0. The Kier molecular flexibility index (Phi) is 5.49. The first-order valence-corrected chi connectivity index (χ1v) is 11.6. The van der Waals surface area contributed by atoms with Gasteiger partial charge in [-0.25, -0.2) is 9.97 Å². The van der Waals surface area contributed by atoms with Gasteiger partial charge in [0.15, 0.2) is 0 Å². The van der Waals surface area contributed by atoms with Gasteiger partial charge in [0.2, 0.25) is 17.2 Å². The molecular formula is C24H30N4O5. The van der Waals surface area contributed by atoms with Gasteiger partial charge < -0.3 is 18.8 Å². The first-order valence-electron chi connectivity index (χ1n) is 11.6. The molecule has 1 amide bonds. The highest BCUT2D eigenvalue weighted by molar-refractivity contribution is 6.03. The van der Waals surface area contributed by atoms with Crippen LogP contribution in [0.2, 0.25) is 0 Å². The molecule has 9 heteroatoms. The fourth-order valence-corrected chi connectivity index (χ4v) is 4.69. The SMILES string of the molecule is CC(C)Cc1nc2oc3c(=O)n(CC(=O)N4CCOCC4)cnc3c2c2c1COC(C)(C)C2. The molecule has 0 saturated carbocycles. The largest absolute Gasteiger partial charge is 0.430 e. The van der Waals surface area contributed by atoms with Gasteiger partial charge in [-0.3, -0.25) is 14.2 Å². The van der Waals surface area contributed by atoms with Crippen LogP contribution in [0.1, 0.15) is 44.5 Å². The van der Waals surface area contributed by atoms with Crippen molar-refractivity contribution >= 4 is 28.1 Å². The minimum absolute atomic E-state index is 0.0795. The summed E-state index contributed by atoms with van der Waals surface area (Å²) in [7, 11) is 0. The Balaban J connectivity index is 1.62. The molecule has 0 atom stereocenters. The van der Waals surface area contributed by atoms with Crippen molar-refractivity contribution in [1.29, 1.82) is 0 Å². The zero-order chi connectivity index (χ0) is 23.3. The third-order valence-corrected chi connectivity index (χ3v) is 6.38. The van der Waals surface area contributed by atoms with Crippen LogP contribution in [0.25, 0.3) is 22.2 Å². The van der Waals surface area contributed by atoms with E-state index in [0.717, 1.165) is 28.6 Å². The predicted octanol–water partition coefficient (Wildman–Crippen LogP) is 2.45. The first-order chi connectivity index (χ1) is 15.7. The van der Waals surface area contributed by atoms with Gasteiger partial charge in [-0.2, -0.15) is 0 Å². The summed E-state index contributed by atoms with van der Waals surface area (Å²) in [4.78, 5) is 37.0. The van der Waals surface area contributed by atoms with E-state index in [4.69, 9.17) is 18.9 Å². The van der Waals surface area contributed by atoms with Crippen molar-refractivity contribution < 1.29 is 18.7 Å². The Hall–Kier alpha value is -2.78. The molecule has 0 N–H and O–H groups in total. The topological polar surface area (TPSA) is 99.7 Å². The summed E-state index contributed by atoms with van der Waals surface area (Å²) >= 11 is 0. The molecule has 0 bridgehead atoms. The fraction of sp³-hybridized carbons (Fsp3) is 0.583. The first kappa shape index (κ1) is 22.0. The summed E-state index contributed by atoms with van der Waals surface area (Å²) in [6.07, 6.45) is 2.92. The van der Waals surface area contributed by atoms with E-state index in [1.165, 1.54) is 10.9 Å². The lowest BCUT2D eigenvalue weighted by molar-refractivity contribution is -0.135. The third kappa shape index (κ3) is 4.04. The van der Waals surface area contributed by atoms with Crippen molar-refractivity contribution in [3.8, 4) is 0 Å². The number of furan rings is 1. The summed E-state index contributed by atoms with van der Waals surface area (Å²) in [5, 5.41) is 0.785. The Morgan fingerprint density at radius 1 is 1.21 bits per heavy atom. The zero-order valence-electron chi connectivity index (χ0n) is 19.6. The normalized spacial score (nSPS) is 18.3. The molecule has 176 valence electrons. The van der Waals surface area contributed by atoms with E-state index in [1.807, 2.05) is 0 Å². The minimum Gasteiger partial charge on any atom is -0.430 e. The number of carbonyl (C=O) groups is 1. The number of hydrogen-bond acceptors (Lipinski definition) is 7. The van der Waals surface area contributed by atoms with Crippen molar-refractivity contribution in [3.63, 3.8) is 0 Å². The number of nitrogens with zero attached hydrogens (tertiary/aromatic N) is 4. The van der Waals surface area contributed by atoms with Crippen molar-refractivity contribution in [2.45, 2.75) is 59.3 Å². The van der Waals surface area contributed by atoms with Gasteiger partial charge in [0, 0.05) is 25.1 Å². The van der Waals surface area contributed by atoms with Crippen LogP contribution in [0, 0.1) is 5.92 Å². The molecule has 2 aliphatic heterocycles.